The van der Waals surface area contributed by atoms with Crippen molar-refractivity contribution in [1.29, 1.82) is 0 Å². The number of para-hydroxylation sites is 2. The standard InChI is InChI=1S/C44H27N/c1-2-13-33-28(9-1)10-8-16-35(33)36-24-20-30-21-25-39-34(23-19-29-22-26-40(36)44(30)43(29)39)31-11-7-12-32(27-31)45-41-17-5-3-14-37(41)38-15-4-6-18-42(38)45/h1-27H. The molecule has 0 aliphatic heterocycles. The number of fused-ring (bicyclic) bond motifs is 4. The van der Waals surface area contributed by atoms with Crippen LogP contribution in [-0.4, -0.2) is 4.57 Å². The van der Waals surface area contributed by atoms with Gasteiger partial charge in [-0.15, -0.1) is 0 Å². The van der Waals surface area contributed by atoms with E-state index in [1.807, 2.05) is 0 Å². The van der Waals surface area contributed by atoms with E-state index >= 15 is 0 Å². The van der Waals surface area contributed by atoms with Crippen molar-refractivity contribution in [3.63, 3.8) is 0 Å². The summed E-state index contributed by atoms with van der Waals surface area (Å²) in [7, 11) is 0. The molecule has 0 amide bonds. The van der Waals surface area contributed by atoms with Gasteiger partial charge in [0.1, 0.15) is 0 Å². The summed E-state index contributed by atoms with van der Waals surface area (Å²) >= 11 is 0. The van der Waals surface area contributed by atoms with Crippen molar-refractivity contribution in [2.24, 2.45) is 0 Å². The molecule has 10 aromatic rings. The van der Waals surface area contributed by atoms with Gasteiger partial charge in [-0.3, -0.25) is 0 Å². The highest BCUT2D eigenvalue weighted by molar-refractivity contribution is 6.28. The summed E-state index contributed by atoms with van der Waals surface area (Å²) in [6.07, 6.45) is 0. The van der Waals surface area contributed by atoms with Gasteiger partial charge in [0.25, 0.3) is 0 Å². The summed E-state index contributed by atoms with van der Waals surface area (Å²) in [4.78, 5) is 0. The van der Waals surface area contributed by atoms with E-state index < -0.39 is 0 Å². The molecule has 1 heterocycles. The van der Waals surface area contributed by atoms with E-state index in [9.17, 15) is 0 Å². The van der Waals surface area contributed by atoms with Crippen LogP contribution < -0.4 is 0 Å². The van der Waals surface area contributed by atoms with Gasteiger partial charge < -0.3 is 4.57 Å². The molecule has 1 heteroatoms. The highest BCUT2D eigenvalue weighted by Gasteiger charge is 2.17. The maximum Gasteiger partial charge on any atom is 0.0541 e. The van der Waals surface area contributed by atoms with E-state index in [0.717, 1.165) is 0 Å². The van der Waals surface area contributed by atoms with Gasteiger partial charge in [-0.1, -0.05) is 140 Å². The Morgan fingerprint density at radius 1 is 0.311 bits per heavy atom. The first-order valence-corrected chi connectivity index (χ1v) is 15.6. The second-order valence-electron chi connectivity index (χ2n) is 12.1. The first-order valence-electron chi connectivity index (χ1n) is 15.6. The lowest BCUT2D eigenvalue weighted by Gasteiger charge is -2.17. The minimum atomic E-state index is 1.17. The molecule has 1 nitrogen and oxygen atoms in total. The van der Waals surface area contributed by atoms with Gasteiger partial charge in [0.05, 0.1) is 11.0 Å². The molecule has 0 saturated carbocycles. The van der Waals surface area contributed by atoms with Crippen LogP contribution in [0.25, 0.3) is 92.8 Å². The largest absolute Gasteiger partial charge is 0.309 e. The molecule has 0 unspecified atom stereocenters. The van der Waals surface area contributed by atoms with Crippen LogP contribution in [0.2, 0.25) is 0 Å². The normalized spacial score (nSPS) is 12.0. The van der Waals surface area contributed by atoms with E-state index in [1.54, 1.807) is 0 Å². The third-order valence-corrected chi connectivity index (χ3v) is 9.74. The third-order valence-electron chi connectivity index (χ3n) is 9.74. The molecule has 0 N–H and O–H groups in total. The van der Waals surface area contributed by atoms with Crippen LogP contribution in [0.15, 0.2) is 164 Å². The molecule has 10 rings (SSSR count). The minimum Gasteiger partial charge on any atom is -0.309 e. The highest BCUT2D eigenvalue weighted by atomic mass is 15.0. The zero-order valence-electron chi connectivity index (χ0n) is 24.5. The second-order valence-corrected chi connectivity index (χ2v) is 12.1. The monoisotopic (exact) mass is 569 g/mol. The van der Waals surface area contributed by atoms with Gasteiger partial charge in [-0.2, -0.15) is 0 Å². The van der Waals surface area contributed by atoms with Crippen LogP contribution in [-0.2, 0) is 0 Å². The fourth-order valence-electron chi connectivity index (χ4n) is 7.76. The minimum absolute atomic E-state index is 1.17. The Kier molecular flexibility index (Phi) is 5.06. The van der Waals surface area contributed by atoms with Crippen LogP contribution in [0.5, 0.6) is 0 Å². The van der Waals surface area contributed by atoms with Gasteiger partial charge in [-0.05, 0) is 89.6 Å². The molecule has 0 fully saturated rings. The molecule has 0 aliphatic carbocycles. The molecule has 9 aromatic carbocycles. The Bertz CT molecular complexity index is 2700. The summed E-state index contributed by atoms with van der Waals surface area (Å²) < 4.78 is 2.40. The van der Waals surface area contributed by atoms with E-state index in [4.69, 9.17) is 0 Å². The summed E-state index contributed by atoms with van der Waals surface area (Å²) in [6, 6.07) is 60.3. The van der Waals surface area contributed by atoms with Crippen molar-refractivity contribution in [3.05, 3.63) is 164 Å². The molecule has 0 aliphatic rings. The number of nitrogens with zero attached hydrogens (tertiary/aromatic N) is 1. The van der Waals surface area contributed by atoms with Crippen molar-refractivity contribution in [2.45, 2.75) is 0 Å². The molecule has 1 aromatic heterocycles. The third kappa shape index (κ3) is 3.50. The predicted octanol–water partition coefficient (Wildman–Crippen LogP) is 12.2. The molecule has 0 saturated heterocycles. The maximum atomic E-state index is 2.40. The lowest BCUT2D eigenvalue weighted by atomic mass is 9.86. The number of hydrogen-bond acceptors (Lipinski definition) is 0. The topological polar surface area (TPSA) is 4.93 Å². The Balaban J connectivity index is 1.22. The van der Waals surface area contributed by atoms with Gasteiger partial charge in [0.15, 0.2) is 0 Å². The average Bonchev–Trinajstić information content (AvgIpc) is 3.45. The Morgan fingerprint density at radius 2 is 0.844 bits per heavy atom. The molecule has 0 atom stereocenters. The summed E-state index contributed by atoms with van der Waals surface area (Å²) in [5, 5.41) is 13.0. The van der Waals surface area contributed by atoms with Crippen LogP contribution in [0.1, 0.15) is 0 Å². The van der Waals surface area contributed by atoms with Crippen molar-refractivity contribution in [1.82, 2.24) is 4.57 Å². The zero-order chi connectivity index (χ0) is 29.5. The fraction of sp³-hybridized carbons (Fsp3) is 0. The first-order chi connectivity index (χ1) is 22.3. The van der Waals surface area contributed by atoms with Gasteiger partial charge >= 0.3 is 0 Å². The number of benzene rings is 9. The SMILES string of the molecule is c1cc(-c2ccc3ccc4c(-c5cccc6ccccc56)ccc5ccc2c3c54)cc(-n2c3ccccc3c3ccccc32)c1. The van der Waals surface area contributed by atoms with Crippen molar-refractivity contribution < 1.29 is 0 Å². The lowest BCUT2D eigenvalue weighted by Crippen LogP contribution is -1.94. The van der Waals surface area contributed by atoms with E-state index in [2.05, 4.69) is 168 Å². The molecular formula is C44H27N. The van der Waals surface area contributed by atoms with Gasteiger partial charge in [0, 0.05) is 16.5 Å². The van der Waals surface area contributed by atoms with E-state index in [-0.39, 0.29) is 0 Å². The lowest BCUT2D eigenvalue weighted by molar-refractivity contribution is 1.18. The quantitative estimate of drug-likeness (QED) is 0.187. The van der Waals surface area contributed by atoms with E-state index in [1.165, 1.54) is 92.8 Å². The molecule has 0 bridgehead atoms. The van der Waals surface area contributed by atoms with Gasteiger partial charge in [0.2, 0.25) is 0 Å². The second kappa shape index (κ2) is 9.29. The Hall–Kier alpha value is -5.92. The molecular weight excluding hydrogens is 542 g/mol. The average molecular weight is 570 g/mol. The van der Waals surface area contributed by atoms with Crippen molar-refractivity contribution in [3.8, 4) is 27.9 Å². The number of aromatic nitrogens is 1. The summed E-state index contributed by atoms with van der Waals surface area (Å²) in [5.41, 5.74) is 8.68. The number of rotatable bonds is 3. The van der Waals surface area contributed by atoms with Crippen molar-refractivity contribution >= 4 is 64.9 Å². The molecule has 208 valence electrons. The summed E-state index contributed by atoms with van der Waals surface area (Å²) in [6.45, 7) is 0. The van der Waals surface area contributed by atoms with Crippen LogP contribution in [0.3, 0.4) is 0 Å². The number of hydrogen-bond donors (Lipinski definition) is 0. The molecule has 45 heavy (non-hydrogen) atoms. The fourth-order valence-corrected chi connectivity index (χ4v) is 7.76. The van der Waals surface area contributed by atoms with E-state index in [0.29, 0.717) is 0 Å². The zero-order valence-corrected chi connectivity index (χ0v) is 24.5. The van der Waals surface area contributed by atoms with Crippen LogP contribution in [0.4, 0.5) is 0 Å². The Morgan fingerprint density at radius 3 is 1.58 bits per heavy atom. The van der Waals surface area contributed by atoms with Gasteiger partial charge in [-0.25, -0.2) is 0 Å². The predicted molar refractivity (Wildman–Crippen MR) is 193 cm³/mol. The highest BCUT2D eigenvalue weighted by Crippen LogP contribution is 2.44. The summed E-state index contributed by atoms with van der Waals surface area (Å²) in [5.74, 6) is 0. The Labute approximate surface area is 260 Å². The molecule has 0 spiro atoms. The molecule has 0 radical (unpaired) electrons. The van der Waals surface area contributed by atoms with Crippen LogP contribution in [0, 0.1) is 0 Å². The van der Waals surface area contributed by atoms with Crippen LogP contribution >= 0.6 is 0 Å². The first kappa shape index (κ1) is 24.5. The smallest absolute Gasteiger partial charge is 0.0541 e. The van der Waals surface area contributed by atoms with Crippen molar-refractivity contribution in [2.75, 3.05) is 0 Å². The maximum absolute atomic E-state index is 2.40.